The molecule has 0 saturated carbocycles. The molecule has 1 aliphatic rings. The summed E-state index contributed by atoms with van der Waals surface area (Å²) in [5.74, 6) is -0.0564. The van der Waals surface area contributed by atoms with Crippen molar-refractivity contribution in [1.29, 1.82) is 0 Å². The SMILES string of the molecule is CCCNS(=O)(=O)c1ccc(NC(=O)CC2CCCN2)cc1.Cl. The van der Waals surface area contributed by atoms with Gasteiger partial charge < -0.3 is 10.6 Å². The van der Waals surface area contributed by atoms with Crippen LogP contribution in [-0.4, -0.2) is 33.5 Å². The van der Waals surface area contributed by atoms with Crippen LogP contribution in [0.2, 0.25) is 0 Å². The maximum Gasteiger partial charge on any atom is 0.240 e. The Bertz CT molecular complexity index is 599. The average molecular weight is 362 g/mol. The Morgan fingerprint density at radius 2 is 2.00 bits per heavy atom. The van der Waals surface area contributed by atoms with E-state index in [1.54, 1.807) is 12.1 Å². The van der Waals surface area contributed by atoms with Gasteiger partial charge in [0.2, 0.25) is 15.9 Å². The zero-order valence-corrected chi connectivity index (χ0v) is 14.8. The molecule has 1 amide bonds. The van der Waals surface area contributed by atoms with Crippen LogP contribution in [0.4, 0.5) is 5.69 Å². The molecule has 0 spiro atoms. The molecule has 0 bridgehead atoms. The fraction of sp³-hybridized carbons (Fsp3) is 0.533. The number of hydrogen-bond acceptors (Lipinski definition) is 4. The van der Waals surface area contributed by atoms with Crippen molar-refractivity contribution in [3.8, 4) is 0 Å². The highest BCUT2D eigenvalue weighted by molar-refractivity contribution is 7.89. The van der Waals surface area contributed by atoms with Crippen molar-refractivity contribution in [2.75, 3.05) is 18.4 Å². The molecule has 2 rings (SSSR count). The molecule has 1 fully saturated rings. The summed E-state index contributed by atoms with van der Waals surface area (Å²) in [4.78, 5) is 12.1. The molecule has 1 aliphatic heterocycles. The Morgan fingerprint density at radius 1 is 1.30 bits per heavy atom. The summed E-state index contributed by atoms with van der Waals surface area (Å²) >= 11 is 0. The van der Waals surface area contributed by atoms with E-state index in [1.165, 1.54) is 12.1 Å². The largest absolute Gasteiger partial charge is 0.326 e. The van der Waals surface area contributed by atoms with Gasteiger partial charge in [-0.15, -0.1) is 12.4 Å². The first-order valence-electron chi connectivity index (χ1n) is 7.64. The van der Waals surface area contributed by atoms with Crippen molar-refractivity contribution in [3.63, 3.8) is 0 Å². The van der Waals surface area contributed by atoms with Crippen LogP contribution < -0.4 is 15.4 Å². The predicted octanol–water partition coefficient (Wildman–Crippen LogP) is 1.88. The summed E-state index contributed by atoms with van der Waals surface area (Å²) in [6.45, 7) is 3.28. The molecule has 1 atom stereocenters. The molecule has 1 saturated heterocycles. The maximum atomic E-state index is 11.9. The molecule has 3 N–H and O–H groups in total. The minimum atomic E-state index is -3.46. The van der Waals surface area contributed by atoms with Crippen molar-refractivity contribution in [2.24, 2.45) is 0 Å². The molecule has 0 aliphatic carbocycles. The van der Waals surface area contributed by atoms with Crippen molar-refractivity contribution < 1.29 is 13.2 Å². The van der Waals surface area contributed by atoms with Crippen LogP contribution in [0.15, 0.2) is 29.2 Å². The van der Waals surface area contributed by atoms with Gasteiger partial charge in [-0.2, -0.15) is 0 Å². The average Bonchev–Trinajstić information content (AvgIpc) is 2.98. The van der Waals surface area contributed by atoms with Crippen molar-refractivity contribution in [2.45, 2.75) is 43.5 Å². The summed E-state index contributed by atoms with van der Waals surface area (Å²) in [6, 6.07) is 6.47. The van der Waals surface area contributed by atoms with Crippen LogP contribution in [0.25, 0.3) is 0 Å². The normalized spacial score (nSPS) is 17.5. The number of carbonyl (C=O) groups excluding carboxylic acids is 1. The van der Waals surface area contributed by atoms with E-state index in [9.17, 15) is 13.2 Å². The molecule has 130 valence electrons. The monoisotopic (exact) mass is 361 g/mol. The van der Waals surface area contributed by atoms with Gasteiger partial charge in [-0.3, -0.25) is 4.79 Å². The van der Waals surface area contributed by atoms with Gasteiger partial charge >= 0.3 is 0 Å². The van der Waals surface area contributed by atoms with Crippen LogP contribution in [-0.2, 0) is 14.8 Å². The van der Waals surface area contributed by atoms with E-state index in [-0.39, 0.29) is 29.3 Å². The first-order chi connectivity index (χ1) is 10.5. The molecule has 1 aromatic rings. The predicted molar refractivity (Wildman–Crippen MR) is 93.4 cm³/mol. The lowest BCUT2D eigenvalue weighted by atomic mass is 10.1. The summed E-state index contributed by atoms with van der Waals surface area (Å²) in [5.41, 5.74) is 0.609. The first kappa shape index (κ1) is 19.9. The summed E-state index contributed by atoms with van der Waals surface area (Å²) in [6.07, 6.45) is 3.31. The number of amides is 1. The number of benzene rings is 1. The van der Waals surface area contributed by atoms with E-state index < -0.39 is 10.0 Å². The van der Waals surface area contributed by atoms with Gasteiger partial charge in [-0.05, 0) is 50.1 Å². The van der Waals surface area contributed by atoms with Crippen LogP contribution in [0.1, 0.15) is 32.6 Å². The van der Waals surface area contributed by atoms with Gasteiger partial charge in [0.1, 0.15) is 0 Å². The Morgan fingerprint density at radius 3 is 2.57 bits per heavy atom. The van der Waals surface area contributed by atoms with Crippen molar-refractivity contribution in [1.82, 2.24) is 10.0 Å². The van der Waals surface area contributed by atoms with E-state index in [0.717, 1.165) is 25.8 Å². The van der Waals surface area contributed by atoms with E-state index >= 15 is 0 Å². The highest BCUT2D eigenvalue weighted by Gasteiger charge is 2.18. The first-order valence-corrected chi connectivity index (χ1v) is 9.12. The Kier molecular flexibility index (Phi) is 7.98. The second kappa shape index (κ2) is 9.22. The minimum Gasteiger partial charge on any atom is -0.326 e. The third kappa shape index (κ3) is 6.10. The Labute approximate surface area is 143 Å². The molecule has 1 unspecified atom stereocenters. The van der Waals surface area contributed by atoms with Gasteiger partial charge in [-0.25, -0.2) is 13.1 Å². The number of hydrogen-bond donors (Lipinski definition) is 3. The zero-order chi connectivity index (χ0) is 16.0. The van der Waals surface area contributed by atoms with E-state index in [4.69, 9.17) is 0 Å². The van der Waals surface area contributed by atoms with Gasteiger partial charge in [-0.1, -0.05) is 6.92 Å². The van der Waals surface area contributed by atoms with Crippen LogP contribution in [0.3, 0.4) is 0 Å². The van der Waals surface area contributed by atoms with Gasteiger partial charge in [0.05, 0.1) is 4.90 Å². The fourth-order valence-electron chi connectivity index (χ4n) is 2.40. The molecule has 23 heavy (non-hydrogen) atoms. The van der Waals surface area contributed by atoms with Crippen molar-refractivity contribution >= 4 is 34.0 Å². The highest BCUT2D eigenvalue weighted by atomic mass is 35.5. The lowest BCUT2D eigenvalue weighted by Crippen LogP contribution is -2.27. The lowest BCUT2D eigenvalue weighted by molar-refractivity contribution is -0.116. The van der Waals surface area contributed by atoms with Gasteiger partial charge in [0.15, 0.2) is 0 Å². The zero-order valence-electron chi connectivity index (χ0n) is 13.2. The third-order valence-electron chi connectivity index (χ3n) is 3.58. The summed E-state index contributed by atoms with van der Waals surface area (Å²) in [5, 5.41) is 6.07. The molecule has 1 aromatic carbocycles. The molecule has 1 heterocycles. The molecule has 0 radical (unpaired) electrons. The molecular formula is C15H24ClN3O3S. The quantitative estimate of drug-likeness (QED) is 0.692. The molecule has 0 aromatic heterocycles. The number of carbonyl (C=O) groups is 1. The second-order valence-corrected chi connectivity index (χ2v) is 7.23. The standard InChI is InChI=1S/C15H23N3O3S.ClH/c1-2-9-17-22(20,21)14-7-5-12(6-8-14)18-15(19)11-13-4-3-10-16-13;/h5-8,13,16-17H,2-4,9-11H2,1H3,(H,18,19);1H. The maximum absolute atomic E-state index is 11.9. The fourth-order valence-corrected chi connectivity index (χ4v) is 3.54. The Balaban J connectivity index is 0.00000264. The number of nitrogens with one attached hydrogen (secondary N) is 3. The topological polar surface area (TPSA) is 87.3 Å². The van der Waals surface area contributed by atoms with Gasteiger partial charge in [0.25, 0.3) is 0 Å². The van der Waals surface area contributed by atoms with E-state index in [1.807, 2.05) is 6.92 Å². The van der Waals surface area contributed by atoms with Crippen molar-refractivity contribution in [3.05, 3.63) is 24.3 Å². The minimum absolute atomic E-state index is 0. The molecule has 6 nitrogen and oxygen atoms in total. The van der Waals surface area contributed by atoms with Gasteiger partial charge in [0, 0.05) is 24.7 Å². The Hall–Kier alpha value is -1.15. The smallest absolute Gasteiger partial charge is 0.240 e. The highest BCUT2D eigenvalue weighted by Crippen LogP contribution is 2.15. The lowest BCUT2D eigenvalue weighted by Gasteiger charge is -2.11. The number of rotatable bonds is 7. The number of halogens is 1. The number of anilines is 1. The van der Waals surface area contributed by atoms with Crippen LogP contribution in [0, 0.1) is 0 Å². The number of sulfonamides is 1. The second-order valence-electron chi connectivity index (χ2n) is 5.47. The van der Waals surface area contributed by atoms with Crippen LogP contribution in [0.5, 0.6) is 0 Å². The van der Waals surface area contributed by atoms with E-state index in [0.29, 0.717) is 18.7 Å². The van der Waals surface area contributed by atoms with E-state index in [2.05, 4.69) is 15.4 Å². The molecular weight excluding hydrogens is 338 g/mol. The summed E-state index contributed by atoms with van der Waals surface area (Å²) < 4.78 is 26.4. The third-order valence-corrected chi connectivity index (χ3v) is 5.06. The molecule has 8 heteroatoms. The van der Waals surface area contributed by atoms with Crippen LogP contribution >= 0.6 is 12.4 Å². The summed E-state index contributed by atoms with van der Waals surface area (Å²) in [7, 11) is -3.46.